The molecule has 0 aliphatic rings. The molecule has 2 N–H and O–H groups in total. The molecule has 0 unspecified atom stereocenters. The number of rotatable bonds is 18. The third-order valence-corrected chi connectivity index (χ3v) is 6.50. The summed E-state index contributed by atoms with van der Waals surface area (Å²) < 4.78 is 30.3. The van der Waals surface area contributed by atoms with Crippen LogP contribution in [0.25, 0.3) is 0 Å². The van der Waals surface area contributed by atoms with E-state index in [0.29, 0.717) is 39.3 Å². The van der Waals surface area contributed by atoms with Crippen LogP contribution in [0.15, 0.2) is 48.5 Å². The van der Waals surface area contributed by atoms with E-state index < -0.39 is 48.0 Å². The molecule has 12 nitrogen and oxygen atoms in total. The van der Waals surface area contributed by atoms with Crippen LogP contribution < -0.4 is 20.1 Å². The molecule has 12 heteroatoms. The first-order valence-corrected chi connectivity index (χ1v) is 15.5. The fourth-order valence-corrected chi connectivity index (χ4v) is 4.23. The minimum absolute atomic E-state index is 0.298. The van der Waals surface area contributed by atoms with Gasteiger partial charge in [-0.25, -0.2) is 0 Å². The minimum Gasteiger partial charge on any atom is -0.494 e. The Morgan fingerprint density at radius 1 is 0.543 bits per heavy atom. The van der Waals surface area contributed by atoms with Gasteiger partial charge in [0.05, 0.1) is 40.6 Å². The van der Waals surface area contributed by atoms with Gasteiger partial charge < -0.3 is 28.4 Å². The van der Waals surface area contributed by atoms with Crippen molar-refractivity contribution in [1.82, 2.24) is 10.6 Å². The van der Waals surface area contributed by atoms with Crippen LogP contribution in [0.3, 0.4) is 0 Å². The molecule has 0 aliphatic carbocycles. The summed E-state index contributed by atoms with van der Waals surface area (Å²) in [5.41, 5.74) is 1.87. The number of methoxy groups -OCH3 is 2. The Bertz CT molecular complexity index is 1090. The molecular weight excluding hydrogens is 596 g/mol. The van der Waals surface area contributed by atoms with Gasteiger partial charge in [0.25, 0.3) is 0 Å². The molecule has 2 aromatic carbocycles. The lowest BCUT2D eigenvalue weighted by molar-refractivity contribution is -0.149. The predicted molar refractivity (Wildman–Crippen MR) is 173 cm³/mol. The number of esters is 4. The molecule has 46 heavy (non-hydrogen) atoms. The molecule has 0 heterocycles. The van der Waals surface area contributed by atoms with Crippen molar-refractivity contribution >= 4 is 23.9 Å². The highest BCUT2D eigenvalue weighted by atomic mass is 16.5. The first-order chi connectivity index (χ1) is 22.0. The standard InChI is InChI=1S/2C17H25NO5/c2*1-5-22-14-9-7-13(8-10-14)11-15(17(20)21-4)18-12(3)16(19)23-6-2/h2*7-10,12,15,18H,5-6,11H2,1-4H3/t12-,15+;12-,15-/m01/s1. The molecule has 0 radical (unpaired) electrons. The molecule has 0 aromatic heterocycles. The number of hydrogen-bond donors (Lipinski definition) is 2. The van der Waals surface area contributed by atoms with Gasteiger partial charge in [0.15, 0.2) is 0 Å². The Hall–Kier alpha value is -4.16. The van der Waals surface area contributed by atoms with Crippen LogP contribution in [-0.2, 0) is 51.0 Å². The Labute approximate surface area is 272 Å². The van der Waals surface area contributed by atoms with Crippen molar-refractivity contribution in [3.63, 3.8) is 0 Å². The maximum absolute atomic E-state index is 11.9. The summed E-state index contributed by atoms with van der Waals surface area (Å²) in [5.74, 6) is -0.0799. The Morgan fingerprint density at radius 3 is 1.13 bits per heavy atom. The highest BCUT2D eigenvalue weighted by molar-refractivity contribution is 5.80. The third kappa shape index (κ3) is 14.7. The summed E-state index contributed by atoms with van der Waals surface area (Å²) in [5, 5.41) is 5.92. The van der Waals surface area contributed by atoms with Crippen molar-refractivity contribution in [3.05, 3.63) is 59.7 Å². The highest BCUT2D eigenvalue weighted by Crippen LogP contribution is 2.15. The predicted octanol–water partition coefficient (Wildman–Crippen LogP) is 3.42. The van der Waals surface area contributed by atoms with Crippen molar-refractivity contribution in [3.8, 4) is 11.5 Å². The number of benzene rings is 2. The topological polar surface area (TPSA) is 148 Å². The SMILES string of the molecule is CCOC(=O)[C@@H](C)N[C@H](Cc1ccc(OCC)cc1)C(=O)OC.CCOC(=O)[C@H](C)N[C@H](Cc1ccc(OCC)cc1)C(=O)OC. The van der Waals surface area contributed by atoms with Crippen molar-refractivity contribution in [2.45, 2.75) is 78.6 Å². The normalized spacial score (nSPS) is 13.0. The lowest BCUT2D eigenvalue weighted by Crippen LogP contribution is -2.47. The zero-order chi connectivity index (χ0) is 34.5. The van der Waals surface area contributed by atoms with Crippen LogP contribution in [0, 0.1) is 0 Å². The molecule has 256 valence electrons. The molecule has 2 rings (SSSR count). The summed E-state index contributed by atoms with van der Waals surface area (Å²) in [6.07, 6.45) is 0.811. The van der Waals surface area contributed by atoms with Gasteiger partial charge in [-0.3, -0.25) is 29.8 Å². The van der Waals surface area contributed by atoms with Gasteiger partial charge in [-0.15, -0.1) is 0 Å². The van der Waals surface area contributed by atoms with Crippen LogP contribution in [0.1, 0.15) is 52.7 Å². The second-order valence-corrected chi connectivity index (χ2v) is 9.99. The number of carbonyl (C=O) groups excluding carboxylic acids is 4. The van der Waals surface area contributed by atoms with E-state index in [4.69, 9.17) is 28.4 Å². The summed E-state index contributed by atoms with van der Waals surface area (Å²) in [6, 6.07) is 12.5. The second-order valence-electron chi connectivity index (χ2n) is 9.99. The lowest BCUT2D eigenvalue weighted by Gasteiger charge is -2.20. The molecule has 0 saturated heterocycles. The molecule has 0 aliphatic heterocycles. The van der Waals surface area contributed by atoms with Crippen LogP contribution >= 0.6 is 0 Å². The van der Waals surface area contributed by atoms with E-state index in [9.17, 15) is 19.2 Å². The van der Waals surface area contributed by atoms with Gasteiger partial charge in [-0.2, -0.15) is 0 Å². The first-order valence-electron chi connectivity index (χ1n) is 15.5. The average molecular weight is 647 g/mol. The van der Waals surface area contributed by atoms with Gasteiger partial charge in [0.2, 0.25) is 0 Å². The van der Waals surface area contributed by atoms with E-state index in [-0.39, 0.29) is 0 Å². The number of hydrogen-bond acceptors (Lipinski definition) is 12. The number of ether oxygens (including phenoxy) is 6. The van der Waals surface area contributed by atoms with Crippen molar-refractivity contribution in [2.75, 3.05) is 40.6 Å². The van der Waals surface area contributed by atoms with Crippen LogP contribution in [0.5, 0.6) is 11.5 Å². The van der Waals surface area contributed by atoms with Gasteiger partial charge >= 0.3 is 23.9 Å². The summed E-state index contributed by atoms with van der Waals surface area (Å²) in [4.78, 5) is 47.3. The fourth-order valence-electron chi connectivity index (χ4n) is 4.23. The fraction of sp³-hybridized carbons (Fsp3) is 0.529. The summed E-state index contributed by atoms with van der Waals surface area (Å²) in [6.45, 7) is 12.4. The monoisotopic (exact) mass is 646 g/mol. The molecule has 2 aromatic rings. The van der Waals surface area contributed by atoms with Gasteiger partial charge in [0.1, 0.15) is 35.7 Å². The largest absolute Gasteiger partial charge is 0.494 e. The lowest BCUT2D eigenvalue weighted by atomic mass is 10.0. The van der Waals surface area contributed by atoms with Crippen LogP contribution in [0.4, 0.5) is 0 Å². The quantitative estimate of drug-likeness (QED) is 0.181. The van der Waals surface area contributed by atoms with E-state index in [1.807, 2.05) is 62.4 Å². The van der Waals surface area contributed by atoms with E-state index in [1.165, 1.54) is 14.2 Å². The Kier molecular flexibility index (Phi) is 19.4. The van der Waals surface area contributed by atoms with Gasteiger partial charge in [0, 0.05) is 0 Å². The molecular formula is C34H50N2O10. The maximum atomic E-state index is 11.9. The minimum atomic E-state index is -0.627. The number of carbonyl (C=O) groups is 4. The van der Waals surface area contributed by atoms with Crippen molar-refractivity contribution in [1.29, 1.82) is 0 Å². The van der Waals surface area contributed by atoms with Gasteiger partial charge in [-0.05, 0) is 89.8 Å². The summed E-state index contributed by atoms with van der Waals surface area (Å²) >= 11 is 0. The second kappa shape index (κ2) is 22.4. The summed E-state index contributed by atoms with van der Waals surface area (Å²) in [7, 11) is 2.65. The van der Waals surface area contributed by atoms with Crippen molar-refractivity contribution < 1.29 is 47.6 Å². The molecule has 0 bridgehead atoms. The van der Waals surface area contributed by atoms with Crippen LogP contribution in [-0.4, -0.2) is 88.7 Å². The Balaban J connectivity index is 0.000000460. The smallest absolute Gasteiger partial charge is 0.323 e. The molecule has 4 atom stereocenters. The highest BCUT2D eigenvalue weighted by Gasteiger charge is 2.26. The molecule has 0 amide bonds. The van der Waals surface area contributed by atoms with E-state index in [0.717, 1.165) is 22.6 Å². The van der Waals surface area contributed by atoms with Crippen LogP contribution in [0.2, 0.25) is 0 Å². The zero-order valence-corrected chi connectivity index (χ0v) is 28.3. The van der Waals surface area contributed by atoms with E-state index in [2.05, 4.69) is 10.6 Å². The maximum Gasteiger partial charge on any atom is 0.323 e. The van der Waals surface area contributed by atoms with E-state index in [1.54, 1.807) is 27.7 Å². The molecule has 0 spiro atoms. The molecule has 0 fully saturated rings. The van der Waals surface area contributed by atoms with Gasteiger partial charge in [-0.1, -0.05) is 24.3 Å². The van der Waals surface area contributed by atoms with Crippen molar-refractivity contribution in [2.24, 2.45) is 0 Å². The Morgan fingerprint density at radius 2 is 0.870 bits per heavy atom. The molecule has 0 saturated carbocycles. The number of nitrogens with one attached hydrogen (secondary N) is 2. The van der Waals surface area contributed by atoms with E-state index >= 15 is 0 Å². The first kappa shape index (κ1) is 39.9. The zero-order valence-electron chi connectivity index (χ0n) is 28.3. The average Bonchev–Trinajstić information content (AvgIpc) is 3.05. The third-order valence-electron chi connectivity index (χ3n) is 6.50.